The minimum Gasteiger partial charge on any atom is -0.497 e. The van der Waals surface area contributed by atoms with Crippen LogP contribution in [0.15, 0.2) is 42.5 Å². The van der Waals surface area contributed by atoms with Crippen LogP contribution in [0.5, 0.6) is 17.2 Å². The zero-order valence-electron chi connectivity index (χ0n) is 14.4. The van der Waals surface area contributed by atoms with Gasteiger partial charge in [0, 0.05) is 5.02 Å². The number of nitrogens with one attached hydrogen (secondary N) is 2. The molecule has 0 aliphatic rings. The number of halogens is 1. The van der Waals surface area contributed by atoms with Gasteiger partial charge in [0.05, 0.1) is 26.5 Å². The zero-order chi connectivity index (χ0) is 18.9. The molecule has 2 amide bonds. The predicted molar refractivity (Wildman–Crippen MR) is 98.1 cm³/mol. The summed E-state index contributed by atoms with van der Waals surface area (Å²) >= 11 is 5.88. The fourth-order valence-electron chi connectivity index (χ4n) is 2.04. The molecule has 0 radical (unpaired) electrons. The molecule has 0 unspecified atom stereocenters. The number of amides is 2. The molecule has 2 N–H and O–H groups in total. The van der Waals surface area contributed by atoms with Crippen LogP contribution in [-0.2, 0) is 9.59 Å². The van der Waals surface area contributed by atoms with E-state index in [-0.39, 0.29) is 13.2 Å². The van der Waals surface area contributed by atoms with Crippen molar-refractivity contribution in [3.63, 3.8) is 0 Å². The summed E-state index contributed by atoms with van der Waals surface area (Å²) in [7, 11) is 3.03. The van der Waals surface area contributed by atoms with Crippen LogP contribution in [-0.4, -0.2) is 39.2 Å². The lowest BCUT2D eigenvalue weighted by molar-refractivity contribution is -0.136. The number of hydrogen-bond donors (Lipinski definition) is 2. The standard InChI is InChI=1S/C18H19ClN2O5/c1-24-13-4-6-14(7-5-13)26-10-9-20-17(22)18(23)21-15-11-12(19)3-8-16(15)25-2/h3-8,11H,9-10H2,1-2H3,(H,20,22)(H,21,23). The Labute approximate surface area is 156 Å². The van der Waals surface area contributed by atoms with Gasteiger partial charge in [-0.25, -0.2) is 0 Å². The Kier molecular flexibility index (Phi) is 7.11. The highest BCUT2D eigenvalue weighted by atomic mass is 35.5. The molecule has 7 nitrogen and oxygen atoms in total. The van der Waals surface area contributed by atoms with Crippen LogP contribution in [0, 0.1) is 0 Å². The number of methoxy groups -OCH3 is 2. The molecule has 0 atom stereocenters. The maximum atomic E-state index is 12.0. The van der Waals surface area contributed by atoms with Crippen molar-refractivity contribution in [2.24, 2.45) is 0 Å². The fourth-order valence-corrected chi connectivity index (χ4v) is 2.21. The SMILES string of the molecule is COc1ccc(OCCNC(=O)C(=O)Nc2cc(Cl)ccc2OC)cc1. The van der Waals surface area contributed by atoms with Gasteiger partial charge >= 0.3 is 11.8 Å². The molecule has 0 spiro atoms. The molecule has 0 fully saturated rings. The summed E-state index contributed by atoms with van der Waals surface area (Å²) in [4.78, 5) is 23.8. The minimum atomic E-state index is -0.824. The monoisotopic (exact) mass is 378 g/mol. The Morgan fingerprint density at radius 3 is 2.31 bits per heavy atom. The molecule has 2 rings (SSSR count). The van der Waals surface area contributed by atoms with Gasteiger partial charge < -0.3 is 24.8 Å². The Morgan fingerprint density at radius 1 is 0.962 bits per heavy atom. The normalized spacial score (nSPS) is 9.96. The first-order valence-electron chi connectivity index (χ1n) is 7.73. The maximum absolute atomic E-state index is 12.0. The molecule has 138 valence electrons. The largest absolute Gasteiger partial charge is 0.497 e. The third-order valence-corrected chi connectivity index (χ3v) is 3.57. The van der Waals surface area contributed by atoms with Crippen molar-refractivity contribution in [3.05, 3.63) is 47.5 Å². The van der Waals surface area contributed by atoms with Crippen LogP contribution in [0.1, 0.15) is 0 Å². The summed E-state index contributed by atoms with van der Waals surface area (Å²) in [6.07, 6.45) is 0. The van der Waals surface area contributed by atoms with Gasteiger partial charge in [0.15, 0.2) is 0 Å². The van der Waals surface area contributed by atoms with Crippen LogP contribution in [0.4, 0.5) is 5.69 Å². The highest BCUT2D eigenvalue weighted by Gasteiger charge is 2.15. The second kappa shape index (κ2) is 9.53. The molecule has 0 saturated carbocycles. The second-order valence-electron chi connectivity index (χ2n) is 5.08. The van der Waals surface area contributed by atoms with E-state index in [4.69, 9.17) is 25.8 Å². The third kappa shape index (κ3) is 5.56. The molecule has 2 aromatic rings. The predicted octanol–water partition coefficient (Wildman–Crippen LogP) is 2.49. The van der Waals surface area contributed by atoms with Crippen molar-refractivity contribution in [2.45, 2.75) is 0 Å². The van der Waals surface area contributed by atoms with Gasteiger partial charge in [-0.05, 0) is 42.5 Å². The molecule has 0 aliphatic heterocycles. The van der Waals surface area contributed by atoms with E-state index in [2.05, 4.69) is 10.6 Å². The van der Waals surface area contributed by atoms with E-state index in [1.54, 1.807) is 43.5 Å². The summed E-state index contributed by atoms with van der Waals surface area (Å²) < 4.78 is 15.6. The van der Waals surface area contributed by atoms with Crippen LogP contribution in [0.3, 0.4) is 0 Å². The van der Waals surface area contributed by atoms with E-state index >= 15 is 0 Å². The quantitative estimate of drug-likeness (QED) is 0.571. The fraction of sp³-hybridized carbons (Fsp3) is 0.222. The van der Waals surface area contributed by atoms with Crippen molar-refractivity contribution in [2.75, 3.05) is 32.7 Å². The van der Waals surface area contributed by atoms with Crippen molar-refractivity contribution in [1.29, 1.82) is 0 Å². The molecule has 0 aromatic heterocycles. The lowest BCUT2D eigenvalue weighted by Crippen LogP contribution is -2.37. The van der Waals surface area contributed by atoms with Gasteiger partial charge in [-0.3, -0.25) is 9.59 Å². The minimum absolute atomic E-state index is 0.172. The first-order chi connectivity index (χ1) is 12.5. The Morgan fingerprint density at radius 2 is 1.65 bits per heavy atom. The third-order valence-electron chi connectivity index (χ3n) is 3.33. The van der Waals surface area contributed by atoms with E-state index in [0.29, 0.717) is 22.2 Å². The Balaban J connectivity index is 1.78. The van der Waals surface area contributed by atoms with E-state index < -0.39 is 11.8 Å². The van der Waals surface area contributed by atoms with E-state index in [1.807, 2.05) is 0 Å². The first kappa shape index (κ1) is 19.4. The van der Waals surface area contributed by atoms with Crippen LogP contribution < -0.4 is 24.8 Å². The van der Waals surface area contributed by atoms with Gasteiger partial charge in [-0.2, -0.15) is 0 Å². The molecule has 2 aromatic carbocycles. The number of carbonyl (C=O) groups is 2. The number of rotatable bonds is 7. The maximum Gasteiger partial charge on any atom is 0.313 e. The van der Waals surface area contributed by atoms with Crippen molar-refractivity contribution in [1.82, 2.24) is 5.32 Å². The van der Waals surface area contributed by atoms with Gasteiger partial charge in [0.25, 0.3) is 0 Å². The summed E-state index contributed by atoms with van der Waals surface area (Å²) in [6, 6.07) is 11.7. The number of benzene rings is 2. The Hall–Kier alpha value is -2.93. The molecular weight excluding hydrogens is 360 g/mol. The number of ether oxygens (including phenoxy) is 3. The lowest BCUT2D eigenvalue weighted by atomic mass is 10.3. The van der Waals surface area contributed by atoms with Gasteiger partial charge in [-0.1, -0.05) is 11.6 Å². The first-order valence-corrected chi connectivity index (χ1v) is 8.11. The highest BCUT2D eigenvalue weighted by molar-refractivity contribution is 6.40. The molecule has 26 heavy (non-hydrogen) atoms. The van der Waals surface area contributed by atoms with Crippen LogP contribution in [0.2, 0.25) is 5.02 Å². The van der Waals surface area contributed by atoms with Crippen LogP contribution in [0.25, 0.3) is 0 Å². The topological polar surface area (TPSA) is 85.9 Å². The zero-order valence-corrected chi connectivity index (χ0v) is 15.1. The molecule has 0 heterocycles. The van der Waals surface area contributed by atoms with E-state index in [0.717, 1.165) is 5.75 Å². The summed E-state index contributed by atoms with van der Waals surface area (Å²) in [5, 5.41) is 5.34. The molecule has 0 bridgehead atoms. The highest BCUT2D eigenvalue weighted by Crippen LogP contribution is 2.27. The van der Waals surface area contributed by atoms with Gasteiger partial charge in [0.2, 0.25) is 0 Å². The number of anilines is 1. The molecular formula is C18H19ClN2O5. The van der Waals surface area contributed by atoms with Crippen LogP contribution >= 0.6 is 11.6 Å². The summed E-state index contributed by atoms with van der Waals surface area (Å²) in [5.41, 5.74) is 0.314. The van der Waals surface area contributed by atoms with E-state index in [9.17, 15) is 9.59 Å². The summed E-state index contributed by atoms with van der Waals surface area (Å²) in [5.74, 6) is 0.144. The summed E-state index contributed by atoms with van der Waals surface area (Å²) in [6.45, 7) is 0.386. The average molecular weight is 379 g/mol. The average Bonchev–Trinajstić information content (AvgIpc) is 2.65. The number of hydrogen-bond acceptors (Lipinski definition) is 5. The Bertz CT molecular complexity index is 765. The lowest BCUT2D eigenvalue weighted by Gasteiger charge is -2.11. The van der Waals surface area contributed by atoms with Crippen molar-refractivity contribution in [3.8, 4) is 17.2 Å². The van der Waals surface area contributed by atoms with Gasteiger partial charge in [0.1, 0.15) is 23.9 Å². The smallest absolute Gasteiger partial charge is 0.313 e. The van der Waals surface area contributed by atoms with Crippen molar-refractivity contribution < 1.29 is 23.8 Å². The molecule has 0 saturated heterocycles. The number of carbonyl (C=O) groups excluding carboxylic acids is 2. The van der Waals surface area contributed by atoms with Gasteiger partial charge in [-0.15, -0.1) is 0 Å². The molecule has 0 aliphatic carbocycles. The molecule has 8 heteroatoms. The van der Waals surface area contributed by atoms with Crippen molar-refractivity contribution >= 4 is 29.1 Å². The van der Waals surface area contributed by atoms with E-state index in [1.165, 1.54) is 13.2 Å². The second-order valence-corrected chi connectivity index (χ2v) is 5.52.